The topological polar surface area (TPSA) is 74.8 Å². The van der Waals surface area contributed by atoms with Crippen LogP contribution >= 0.6 is 0 Å². The van der Waals surface area contributed by atoms with Gasteiger partial charge in [-0.2, -0.15) is 5.10 Å². The first kappa shape index (κ1) is 13.8. The third kappa shape index (κ3) is 3.42. The number of nitrogens with one attached hydrogen (secondary N) is 2. The van der Waals surface area contributed by atoms with E-state index in [1.54, 1.807) is 20.0 Å². The molecule has 102 valence electrons. The SMILES string of the molecule is CC(C)S(=O)(=O)NCc1ccc(-c2ccn[nH]2)cc1. The maximum absolute atomic E-state index is 11.6. The number of rotatable bonds is 5. The first-order chi connectivity index (χ1) is 8.99. The monoisotopic (exact) mass is 279 g/mol. The van der Waals surface area contributed by atoms with Crippen LogP contribution in [0.4, 0.5) is 0 Å². The van der Waals surface area contributed by atoms with E-state index in [1.165, 1.54) is 0 Å². The van der Waals surface area contributed by atoms with Crippen LogP contribution < -0.4 is 4.72 Å². The lowest BCUT2D eigenvalue weighted by molar-refractivity contribution is 0.572. The summed E-state index contributed by atoms with van der Waals surface area (Å²) in [5.74, 6) is 0. The highest BCUT2D eigenvalue weighted by Crippen LogP contribution is 2.16. The number of hydrogen-bond donors (Lipinski definition) is 2. The van der Waals surface area contributed by atoms with Gasteiger partial charge in [-0.25, -0.2) is 13.1 Å². The molecule has 0 fully saturated rings. The van der Waals surface area contributed by atoms with Crippen molar-refractivity contribution in [3.8, 4) is 11.3 Å². The van der Waals surface area contributed by atoms with Gasteiger partial charge in [-0.3, -0.25) is 5.10 Å². The predicted octanol–water partition coefficient (Wildman–Crippen LogP) is 1.90. The second-order valence-corrected chi connectivity index (χ2v) is 6.90. The quantitative estimate of drug-likeness (QED) is 0.878. The molecule has 2 N–H and O–H groups in total. The highest BCUT2D eigenvalue weighted by molar-refractivity contribution is 7.90. The van der Waals surface area contributed by atoms with Crippen molar-refractivity contribution in [1.29, 1.82) is 0 Å². The summed E-state index contributed by atoms with van der Waals surface area (Å²) in [5.41, 5.74) is 2.88. The summed E-state index contributed by atoms with van der Waals surface area (Å²) >= 11 is 0. The first-order valence-electron chi connectivity index (χ1n) is 6.06. The molecule has 0 spiro atoms. The first-order valence-corrected chi connectivity index (χ1v) is 7.61. The molecule has 2 aromatic rings. The number of hydrogen-bond acceptors (Lipinski definition) is 3. The van der Waals surface area contributed by atoms with Crippen molar-refractivity contribution in [3.63, 3.8) is 0 Å². The van der Waals surface area contributed by atoms with E-state index in [0.717, 1.165) is 16.8 Å². The van der Waals surface area contributed by atoms with Gasteiger partial charge in [-0.1, -0.05) is 24.3 Å². The van der Waals surface area contributed by atoms with Crippen molar-refractivity contribution < 1.29 is 8.42 Å². The van der Waals surface area contributed by atoms with Crippen molar-refractivity contribution in [2.75, 3.05) is 0 Å². The van der Waals surface area contributed by atoms with Crippen LogP contribution in [0.1, 0.15) is 19.4 Å². The summed E-state index contributed by atoms with van der Waals surface area (Å²) in [7, 11) is -3.22. The molecule has 0 aliphatic heterocycles. The summed E-state index contributed by atoms with van der Waals surface area (Å²) in [6, 6.07) is 9.56. The number of aromatic amines is 1. The highest BCUT2D eigenvalue weighted by Gasteiger charge is 2.14. The molecule has 0 atom stereocenters. The fourth-order valence-corrected chi connectivity index (χ4v) is 2.27. The van der Waals surface area contributed by atoms with Gasteiger partial charge < -0.3 is 0 Å². The van der Waals surface area contributed by atoms with Crippen LogP contribution in [-0.4, -0.2) is 23.9 Å². The largest absolute Gasteiger partial charge is 0.278 e. The normalized spacial score (nSPS) is 11.9. The standard InChI is InChI=1S/C13H17N3O2S/c1-10(2)19(17,18)15-9-11-3-5-12(6-4-11)13-7-8-14-16-13/h3-8,10,15H,9H2,1-2H3,(H,14,16). The Morgan fingerprint density at radius 3 is 2.42 bits per heavy atom. The third-order valence-corrected chi connectivity index (χ3v) is 4.65. The van der Waals surface area contributed by atoms with Crippen LogP contribution in [0.2, 0.25) is 0 Å². The molecule has 5 nitrogen and oxygen atoms in total. The molecule has 0 radical (unpaired) electrons. The van der Waals surface area contributed by atoms with Gasteiger partial charge in [-0.15, -0.1) is 0 Å². The molecule has 1 aromatic heterocycles. The zero-order valence-corrected chi connectivity index (χ0v) is 11.7. The van der Waals surface area contributed by atoms with E-state index in [1.807, 2.05) is 30.3 Å². The minimum absolute atomic E-state index is 0.309. The van der Waals surface area contributed by atoms with E-state index < -0.39 is 15.3 Å². The second-order valence-electron chi connectivity index (χ2n) is 4.58. The van der Waals surface area contributed by atoms with Crippen LogP contribution in [0.15, 0.2) is 36.5 Å². The Hall–Kier alpha value is -1.66. The Bertz CT molecular complexity index is 616. The van der Waals surface area contributed by atoms with Gasteiger partial charge >= 0.3 is 0 Å². The van der Waals surface area contributed by atoms with Crippen molar-refractivity contribution in [2.24, 2.45) is 0 Å². The van der Waals surface area contributed by atoms with Crippen molar-refractivity contribution in [1.82, 2.24) is 14.9 Å². The molecule has 1 heterocycles. The Labute approximate surface area is 113 Å². The van der Waals surface area contributed by atoms with E-state index in [4.69, 9.17) is 0 Å². The van der Waals surface area contributed by atoms with E-state index in [2.05, 4.69) is 14.9 Å². The molecule has 2 rings (SSSR count). The molecular formula is C13H17N3O2S. The number of benzene rings is 1. The highest BCUT2D eigenvalue weighted by atomic mass is 32.2. The molecule has 0 amide bonds. The Kier molecular flexibility index (Phi) is 4.01. The Balaban J connectivity index is 2.04. The van der Waals surface area contributed by atoms with Crippen molar-refractivity contribution >= 4 is 10.0 Å². The number of nitrogens with zero attached hydrogens (tertiary/aromatic N) is 1. The van der Waals surface area contributed by atoms with Gasteiger partial charge in [-0.05, 0) is 31.0 Å². The molecule has 0 aliphatic carbocycles. The van der Waals surface area contributed by atoms with Gasteiger partial charge in [0.1, 0.15) is 0 Å². The van der Waals surface area contributed by atoms with Crippen LogP contribution in [0.25, 0.3) is 11.3 Å². The molecule has 0 saturated heterocycles. The summed E-state index contributed by atoms with van der Waals surface area (Å²) in [6.07, 6.45) is 1.69. The number of aromatic nitrogens is 2. The van der Waals surface area contributed by atoms with E-state index in [0.29, 0.717) is 6.54 Å². The van der Waals surface area contributed by atoms with E-state index in [9.17, 15) is 8.42 Å². The summed E-state index contributed by atoms with van der Waals surface area (Å²) < 4.78 is 25.8. The maximum Gasteiger partial charge on any atom is 0.214 e. The average Bonchev–Trinajstić information content (AvgIpc) is 2.91. The van der Waals surface area contributed by atoms with Crippen LogP contribution in [0.5, 0.6) is 0 Å². The molecule has 0 aliphatic rings. The van der Waals surface area contributed by atoms with Gasteiger partial charge in [0.15, 0.2) is 0 Å². The molecule has 0 saturated carbocycles. The van der Waals surface area contributed by atoms with Gasteiger partial charge in [0.25, 0.3) is 0 Å². The summed E-state index contributed by atoms with van der Waals surface area (Å²) in [6.45, 7) is 3.62. The summed E-state index contributed by atoms with van der Waals surface area (Å²) in [4.78, 5) is 0. The lowest BCUT2D eigenvalue weighted by atomic mass is 10.1. The Morgan fingerprint density at radius 1 is 1.21 bits per heavy atom. The molecule has 0 unspecified atom stereocenters. The Morgan fingerprint density at radius 2 is 1.89 bits per heavy atom. The maximum atomic E-state index is 11.6. The van der Waals surface area contributed by atoms with Crippen LogP contribution in [0, 0.1) is 0 Å². The lowest BCUT2D eigenvalue weighted by Crippen LogP contribution is -2.30. The van der Waals surface area contributed by atoms with Crippen LogP contribution in [-0.2, 0) is 16.6 Å². The molecule has 6 heteroatoms. The number of H-pyrrole nitrogens is 1. The zero-order chi connectivity index (χ0) is 13.9. The smallest absolute Gasteiger partial charge is 0.214 e. The predicted molar refractivity (Wildman–Crippen MR) is 74.9 cm³/mol. The van der Waals surface area contributed by atoms with Crippen LogP contribution in [0.3, 0.4) is 0 Å². The van der Waals surface area contributed by atoms with E-state index in [-0.39, 0.29) is 0 Å². The van der Waals surface area contributed by atoms with Gasteiger partial charge in [0.2, 0.25) is 10.0 Å². The molecule has 19 heavy (non-hydrogen) atoms. The van der Waals surface area contributed by atoms with Crippen molar-refractivity contribution in [3.05, 3.63) is 42.1 Å². The van der Waals surface area contributed by atoms with E-state index >= 15 is 0 Å². The van der Waals surface area contributed by atoms with Crippen molar-refractivity contribution in [2.45, 2.75) is 25.6 Å². The minimum Gasteiger partial charge on any atom is -0.278 e. The minimum atomic E-state index is -3.22. The number of sulfonamides is 1. The zero-order valence-electron chi connectivity index (χ0n) is 10.9. The average molecular weight is 279 g/mol. The fourth-order valence-electron chi connectivity index (χ4n) is 1.57. The fraction of sp³-hybridized carbons (Fsp3) is 0.308. The van der Waals surface area contributed by atoms with Gasteiger partial charge in [0, 0.05) is 12.7 Å². The third-order valence-electron chi connectivity index (χ3n) is 2.86. The van der Waals surface area contributed by atoms with Gasteiger partial charge in [0.05, 0.1) is 10.9 Å². The lowest BCUT2D eigenvalue weighted by Gasteiger charge is -2.09. The summed E-state index contributed by atoms with van der Waals surface area (Å²) in [5, 5.41) is 6.36. The second kappa shape index (κ2) is 5.54. The molecule has 0 bridgehead atoms. The molecular weight excluding hydrogens is 262 g/mol. The molecule has 1 aromatic carbocycles.